The number of rotatable bonds is 6. The second kappa shape index (κ2) is 8.46. The van der Waals surface area contributed by atoms with E-state index >= 15 is 0 Å². The van der Waals surface area contributed by atoms with Gasteiger partial charge in [0.15, 0.2) is 5.78 Å². The van der Waals surface area contributed by atoms with E-state index in [0.29, 0.717) is 10.8 Å². The molecule has 0 aliphatic carbocycles. The highest BCUT2D eigenvalue weighted by Gasteiger charge is 2.17. The van der Waals surface area contributed by atoms with Gasteiger partial charge in [-0.05, 0) is 72.0 Å². The molecule has 144 valence electrons. The summed E-state index contributed by atoms with van der Waals surface area (Å²) < 4.78 is 34.2. The number of nitrogens with one attached hydrogen (secondary N) is 1. The summed E-state index contributed by atoms with van der Waals surface area (Å²) in [6.07, 6.45) is 2.92. The third-order valence-electron chi connectivity index (χ3n) is 3.64. The number of Topliss-reactive ketones (excluding diaryl/α,β-unsaturated/α-hetero) is 1. The molecule has 1 N–H and O–H groups in total. The smallest absolute Gasteiger partial charge is 0.261 e. The average molecular weight is 529 g/mol. The van der Waals surface area contributed by atoms with Crippen LogP contribution in [-0.2, 0) is 10.0 Å². The van der Waals surface area contributed by atoms with Gasteiger partial charge in [0.05, 0.1) is 21.7 Å². The minimum atomic E-state index is -3.78. The Kier molecular flexibility index (Phi) is 6.21. The zero-order valence-corrected chi connectivity index (χ0v) is 18.2. The Morgan fingerprint density at radius 3 is 2.46 bits per heavy atom. The molecule has 1 heterocycles. The summed E-state index contributed by atoms with van der Waals surface area (Å²) in [4.78, 5) is 16.1. The van der Waals surface area contributed by atoms with Crippen molar-refractivity contribution in [2.24, 2.45) is 0 Å². The van der Waals surface area contributed by atoms with Crippen LogP contribution in [0.2, 0.25) is 5.02 Å². The van der Waals surface area contributed by atoms with Gasteiger partial charge in [-0.15, -0.1) is 0 Å². The first-order valence-corrected chi connectivity index (χ1v) is 10.9. The van der Waals surface area contributed by atoms with Gasteiger partial charge in [0.25, 0.3) is 10.0 Å². The van der Waals surface area contributed by atoms with E-state index in [4.69, 9.17) is 16.3 Å². The Bertz CT molecular complexity index is 1130. The third-order valence-corrected chi connectivity index (χ3v) is 5.97. The molecule has 28 heavy (non-hydrogen) atoms. The molecule has 6 nitrogen and oxygen atoms in total. The van der Waals surface area contributed by atoms with E-state index in [1.807, 2.05) is 0 Å². The molecule has 3 rings (SSSR count). The number of ketones is 1. The first-order valence-electron chi connectivity index (χ1n) is 7.96. The Hall–Kier alpha value is -2.17. The summed E-state index contributed by atoms with van der Waals surface area (Å²) in [7, 11) is -3.78. The second-order valence-corrected chi connectivity index (χ2v) is 9.13. The SMILES string of the molecule is CC(=O)c1cc(NS(=O)(=O)c2ccc(I)cc2)ccc1Oc1cncc(Cl)c1. The highest BCUT2D eigenvalue weighted by atomic mass is 127. The quantitative estimate of drug-likeness (QED) is 0.354. The molecule has 0 radical (unpaired) electrons. The zero-order chi connectivity index (χ0) is 20.3. The van der Waals surface area contributed by atoms with Crippen molar-refractivity contribution in [3.63, 3.8) is 0 Å². The largest absolute Gasteiger partial charge is 0.455 e. The Morgan fingerprint density at radius 2 is 1.82 bits per heavy atom. The van der Waals surface area contributed by atoms with Crippen LogP contribution in [0.5, 0.6) is 11.5 Å². The van der Waals surface area contributed by atoms with Crippen molar-refractivity contribution in [3.05, 3.63) is 75.1 Å². The van der Waals surface area contributed by atoms with E-state index in [1.165, 1.54) is 49.6 Å². The van der Waals surface area contributed by atoms with Crippen LogP contribution in [0.4, 0.5) is 5.69 Å². The maximum absolute atomic E-state index is 12.6. The van der Waals surface area contributed by atoms with Gasteiger partial charge in [0, 0.05) is 21.5 Å². The Labute approximate surface area is 181 Å². The van der Waals surface area contributed by atoms with Crippen molar-refractivity contribution in [3.8, 4) is 11.5 Å². The molecule has 0 aliphatic heterocycles. The average Bonchev–Trinajstić information content (AvgIpc) is 2.63. The van der Waals surface area contributed by atoms with Crippen LogP contribution in [0.1, 0.15) is 17.3 Å². The molecule has 3 aromatic rings. The normalized spacial score (nSPS) is 11.1. The molecule has 0 saturated heterocycles. The highest BCUT2D eigenvalue weighted by molar-refractivity contribution is 14.1. The van der Waals surface area contributed by atoms with Gasteiger partial charge in [-0.3, -0.25) is 14.5 Å². The molecule has 1 aromatic heterocycles. The Balaban J connectivity index is 1.90. The second-order valence-electron chi connectivity index (χ2n) is 5.77. The van der Waals surface area contributed by atoms with Crippen molar-refractivity contribution in [2.45, 2.75) is 11.8 Å². The number of hydrogen-bond donors (Lipinski definition) is 1. The number of hydrogen-bond acceptors (Lipinski definition) is 5. The number of carbonyl (C=O) groups is 1. The summed E-state index contributed by atoms with van der Waals surface area (Å²) in [5.74, 6) is 0.358. The number of nitrogens with zero attached hydrogens (tertiary/aromatic N) is 1. The number of aromatic nitrogens is 1. The van der Waals surface area contributed by atoms with E-state index in [0.717, 1.165) is 3.57 Å². The van der Waals surface area contributed by atoms with E-state index in [2.05, 4.69) is 32.3 Å². The number of sulfonamides is 1. The molecule has 9 heteroatoms. The fourth-order valence-corrected chi connectivity index (χ4v) is 3.93. The van der Waals surface area contributed by atoms with Gasteiger partial charge in [0.1, 0.15) is 11.5 Å². The molecule has 0 bridgehead atoms. The fraction of sp³-hybridized carbons (Fsp3) is 0.0526. The van der Waals surface area contributed by atoms with E-state index < -0.39 is 10.0 Å². The van der Waals surface area contributed by atoms with Crippen molar-refractivity contribution in [2.75, 3.05) is 4.72 Å². The molecule has 0 unspecified atom stereocenters. The molecule has 0 aliphatic rings. The summed E-state index contributed by atoms with van der Waals surface area (Å²) in [6, 6.07) is 12.5. The monoisotopic (exact) mass is 528 g/mol. The van der Waals surface area contributed by atoms with E-state index in [1.54, 1.807) is 18.2 Å². The number of halogens is 2. The third kappa shape index (κ3) is 5.00. The maximum atomic E-state index is 12.6. The van der Waals surface area contributed by atoms with Gasteiger partial charge in [-0.2, -0.15) is 0 Å². The molecule has 0 amide bonds. The summed E-state index contributed by atoms with van der Waals surface area (Å²) >= 11 is 7.99. The highest BCUT2D eigenvalue weighted by Crippen LogP contribution is 2.30. The van der Waals surface area contributed by atoms with Gasteiger partial charge in [-0.1, -0.05) is 11.6 Å². The summed E-state index contributed by atoms with van der Waals surface area (Å²) in [5, 5.41) is 0.392. The Morgan fingerprint density at radius 1 is 1.11 bits per heavy atom. The first kappa shape index (κ1) is 20.6. The lowest BCUT2D eigenvalue weighted by molar-refractivity contribution is 0.101. The van der Waals surface area contributed by atoms with Crippen LogP contribution in [0.3, 0.4) is 0 Å². The number of benzene rings is 2. The minimum Gasteiger partial charge on any atom is -0.455 e. The maximum Gasteiger partial charge on any atom is 0.261 e. The zero-order valence-electron chi connectivity index (χ0n) is 14.5. The molecule has 0 saturated carbocycles. The van der Waals surface area contributed by atoms with Gasteiger partial charge >= 0.3 is 0 Å². The number of pyridine rings is 1. The van der Waals surface area contributed by atoms with Gasteiger partial charge in [0.2, 0.25) is 0 Å². The lowest BCUT2D eigenvalue weighted by Crippen LogP contribution is -2.13. The van der Waals surface area contributed by atoms with Crippen molar-refractivity contribution < 1.29 is 17.9 Å². The molecule has 2 aromatic carbocycles. The predicted molar refractivity (Wildman–Crippen MR) is 116 cm³/mol. The lowest BCUT2D eigenvalue weighted by Gasteiger charge is -2.13. The van der Waals surface area contributed by atoms with Crippen LogP contribution in [0.15, 0.2) is 65.8 Å². The topological polar surface area (TPSA) is 85.4 Å². The lowest BCUT2D eigenvalue weighted by atomic mass is 10.1. The van der Waals surface area contributed by atoms with Crippen LogP contribution in [0, 0.1) is 3.57 Å². The summed E-state index contributed by atoms with van der Waals surface area (Å²) in [6.45, 7) is 1.37. The predicted octanol–water partition coefficient (Wildman–Crippen LogP) is 5.14. The standard InChI is InChI=1S/C19H14ClIN2O4S/c1-12(24)18-9-15(23-28(25,26)17-5-2-14(21)3-6-17)4-7-19(18)27-16-8-13(20)10-22-11-16/h2-11,23H,1H3. The fourth-order valence-electron chi connectivity index (χ4n) is 2.36. The van der Waals surface area contributed by atoms with E-state index in [9.17, 15) is 13.2 Å². The molecule has 0 atom stereocenters. The van der Waals surface area contributed by atoms with Crippen molar-refractivity contribution in [1.82, 2.24) is 4.98 Å². The van der Waals surface area contributed by atoms with E-state index in [-0.39, 0.29) is 27.7 Å². The molecular formula is C19H14ClIN2O4S. The first-order chi connectivity index (χ1) is 13.2. The molecule has 0 spiro atoms. The number of anilines is 1. The van der Waals surface area contributed by atoms with Gasteiger partial charge < -0.3 is 4.74 Å². The molecule has 0 fully saturated rings. The van der Waals surface area contributed by atoms with Crippen molar-refractivity contribution >= 4 is 55.7 Å². The van der Waals surface area contributed by atoms with Crippen LogP contribution in [0.25, 0.3) is 0 Å². The van der Waals surface area contributed by atoms with Crippen molar-refractivity contribution in [1.29, 1.82) is 0 Å². The van der Waals surface area contributed by atoms with Crippen LogP contribution in [-0.4, -0.2) is 19.2 Å². The van der Waals surface area contributed by atoms with Crippen LogP contribution >= 0.6 is 34.2 Å². The number of ether oxygens (including phenoxy) is 1. The molecular weight excluding hydrogens is 515 g/mol. The van der Waals surface area contributed by atoms with Crippen LogP contribution < -0.4 is 9.46 Å². The summed E-state index contributed by atoms with van der Waals surface area (Å²) in [5.41, 5.74) is 0.475. The van der Waals surface area contributed by atoms with Gasteiger partial charge in [-0.25, -0.2) is 8.42 Å². The minimum absolute atomic E-state index is 0.127. The number of carbonyl (C=O) groups excluding carboxylic acids is 1.